The van der Waals surface area contributed by atoms with Crippen molar-refractivity contribution in [1.82, 2.24) is 0 Å². The highest BCUT2D eigenvalue weighted by Crippen LogP contribution is 2.56. The van der Waals surface area contributed by atoms with E-state index in [-0.39, 0.29) is 25.1 Å². The summed E-state index contributed by atoms with van der Waals surface area (Å²) < 4.78 is 0. The van der Waals surface area contributed by atoms with Crippen molar-refractivity contribution in [3.8, 4) is 0 Å². The van der Waals surface area contributed by atoms with Gasteiger partial charge in [-0.2, -0.15) is 0 Å². The van der Waals surface area contributed by atoms with Gasteiger partial charge in [0.15, 0.2) is 0 Å². The van der Waals surface area contributed by atoms with E-state index >= 15 is 0 Å². The Balaban J connectivity index is 2.39. The first-order valence-electron chi connectivity index (χ1n) is 8.67. The zero-order valence-electron chi connectivity index (χ0n) is 15.2. The minimum atomic E-state index is 0.157. The molecule has 0 aromatic heterocycles. The van der Waals surface area contributed by atoms with Gasteiger partial charge in [-0.3, -0.25) is 0 Å². The Labute approximate surface area is 211 Å². The summed E-state index contributed by atoms with van der Waals surface area (Å²) in [6.45, 7) is 3.94. The Hall–Kier alpha value is -0.280. The summed E-state index contributed by atoms with van der Waals surface area (Å²) in [5.41, 5.74) is 1.91. The first-order valence-corrected chi connectivity index (χ1v) is 11.7. The summed E-state index contributed by atoms with van der Waals surface area (Å²) in [5.74, 6) is 0. The molecule has 0 amide bonds. The average Bonchev–Trinajstić information content (AvgIpc) is 2.72. The van der Waals surface area contributed by atoms with E-state index in [9.17, 15) is 0 Å². The molecular formula is C22H8Cl8. The predicted molar refractivity (Wildman–Crippen MR) is 137 cm³/mol. The Morgan fingerprint density at radius 3 is 1.47 bits per heavy atom. The van der Waals surface area contributed by atoms with E-state index in [0.717, 1.165) is 27.3 Å². The second kappa shape index (κ2) is 7.11. The van der Waals surface area contributed by atoms with Crippen LogP contribution in [0.4, 0.5) is 0 Å². The smallest absolute Gasteiger partial charge is 0.0791 e. The van der Waals surface area contributed by atoms with Crippen LogP contribution in [-0.2, 0) is 0 Å². The monoisotopic (exact) mass is 552 g/mol. The largest absolute Gasteiger partial charge is 0.0824 e. The van der Waals surface area contributed by atoms with Crippen molar-refractivity contribution in [3.63, 3.8) is 0 Å². The molecule has 0 aliphatic carbocycles. The van der Waals surface area contributed by atoms with Gasteiger partial charge < -0.3 is 0 Å². The van der Waals surface area contributed by atoms with Gasteiger partial charge in [0.05, 0.1) is 40.2 Å². The highest BCUT2D eigenvalue weighted by Gasteiger charge is 2.28. The highest BCUT2D eigenvalue weighted by molar-refractivity contribution is 6.62. The molecule has 0 aliphatic heterocycles. The van der Waals surface area contributed by atoms with Crippen molar-refractivity contribution in [2.24, 2.45) is 0 Å². The van der Waals surface area contributed by atoms with Crippen LogP contribution in [0, 0.1) is 13.8 Å². The fraction of sp³-hybridized carbons (Fsp3) is 0.0909. The third-order valence-corrected chi connectivity index (χ3v) is 9.30. The number of benzene rings is 5. The van der Waals surface area contributed by atoms with Crippen LogP contribution in [0.1, 0.15) is 11.1 Å². The lowest BCUT2D eigenvalue weighted by Gasteiger charge is -2.22. The van der Waals surface area contributed by atoms with E-state index in [2.05, 4.69) is 0 Å². The zero-order chi connectivity index (χ0) is 21.8. The van der Waals surface area contributed by atoms with Crippen LogP contribution in [0.3, 0.4) is 0 Å². The molecule has 5 rings (SSSR count). The Kier molecular flexibility index (Phi) is 5.11. The van der Waals surface area contributed by atoms with Crippen LogP contribution in [0.5, 0.6) is 0 Å². The number of fused-ring (bicyclic) bond motifs is 2. The molecule has 0 spiro atoms. The van der Waals surface area contributed by atoms with Gasteiger partial charge in [0.2, 0.25) is 0 Å². The second-order valence-corrected chi connectivity index (χ2v) is 10.2. The summed E-state index contributed by atoms with van der Waals surface area (Å²) in [6, 6.07) is 3.99. The van der Waals surface area contributed by atoms with Crippen molar-refractivity contribution < 1.29 is 0 Å². The summed E-state index contributed by atoms with van der Waals surface area (Å²) in [4.78, 5) is 0. The van der Waals surface area contributed by atoms with E-state index in [1.165, 1.54) is 0 Å². The van der Waals surface area contributed by atoms with Crippen molar-refractivity contribution in [3.05, 3.63) is 63.4 Å². The second-order valence-electron chi connectivity index (χ2n) is 7.19. The van der Waals surface area contributed by atoms with Crippen LogP contribution in [-0.4, -0.2) is 0 Å². The van der Waals surface area contributed by atoms with Gasteiger partial charge in [0.25, 0.3) is 0 Å². The van der Waals surface area contributed by atoms with Crippen molar-refractivity contribution in [1.29, 1.82) is 0 Å². The lowest BCUT2D eigenvalue weighted by Crippen LogP contribution is -1.96. The minimum Gasteiger partial charge on any atom is -0.0824 e. The molecule has 0 fully saturated rings. The fourth-order valence-electron chi connectivity index (χ4n) is 4.42. The van der Waals surface area contributed by atoms with Crippen LogP contribution in [0.2, 0.25) is 40.2 Å². The number of hydrogen-bond acceptors (Lipinski definition) is 0. The molecule has 5 aromatic rings. The van der Waals surface area contributed by atoms with E-state index in [0.29, 0.717) is 42.0 Å². The predicted octanol–water partition coefficient (Wildman–Crippen LogP) is 11.6. The maximum Gasteiger partial charge on any atom is 0.0791 e. The maximum atomic E-state index is 6.80. The van der Waals surface area contributed by atoms with Crippen molar-refractivity contribution in [2.45, 2.75) is 13.8 Å². The van der Waals surface area contributed by atoms with Gasteiger partial charge in [0.1, 0.15) is 0 Å². The SMILES string of the molecule is Cc1ccc2c3c(Cl)c(Cl)c(Cl)c4c(Cl)c(Cl)c(Cl)c(c5c(Cl)c(Cl)c(C)c1c25)c43. The van der Waals surface area contributed by atoms with E-state index in [4.69, 9.17) is 92.8 Å². The molecule has 0 atom stereocenters. The summed E-state index contributed by atoms with van der Waals surface area (Å²) >= 11 is 53.1. The van der Waals surface area contributed by atoms with Gasteiger partial charge in [-0.05, 0) is 41.1 Å². The molecule has 0 nitrogen and oxygen atoms in total. The Morgan fingerprint density at radius 2 is 0.867 bits per heavy atom. The van der Waals surface area contributed by atoms with Crippen LogP contribution >= 0.6 is 92.8 Å². The molecule has 0 unspecified atom stereocenters. The molecule has 8 heteroatoms. The van der Waals surface area contributed by atoms with E-state index < -0.39 is 0 Å². The lowest BCUT2D eigenvalue weighted by molar-refractivity contribution is 1.48. The fourth-order valence-corrected chi connectivity index (χ4v) is 6.60. The molecule has 0 saturated carbocycles. The first kappa shape index (κ1) is 21.6. The number of rotatable bonds is 0. The lowest BCUT2D eigenvalue weighted by atomic mass is 9.86. The molecule has 152 valence electrons. The maximum absolute atomic E-state index is 6.80. The number of aryl methyl sites for hydroxylation is 2. The molecule has 0 N–H and O–H groups in total. The Morgan fingerprint density at radius 1 is 0.400 bits per heavy atom. The van der Waals surface area contributed by atoms with Gasteiger partial charge >= 0.3 is 0 Å². The van der Waals surface area contributed by atoms with Gasteiger partial charge in [-0.25, -0.2) is 0 Å². The third-order valence-electron chi connectivity index (χ3n) is 5.70. The number of hydrogen-bond donors (Lipinski definition) is 0. The summed E-state index contributed by atoms with van der Waals surface area (Å²) in [5, 5.41) is 7.92. The van der Waals surface area contributed by atoms with Gasteiger partial charge in [-0.1, -0.05) is 105 Å². The molecule has 30 heavy (non-hydrogen) atoms. The van der Waals surface area contributed by atoms with Crippen LogP contribution in [0.15, 0.2) is 12.1 Å². The molecule has 0 bridgehead atoms. The molecule has 5 aromatic carbocycles. The average molecular weight is 556 g/mol. The Bertz CT molecular complexity index is 1570. The quantitative estimate of drug-likeness (QED) is 0.101. The molecular weight excluding hydrogens is 548 g/mol. The van der Waals surface area contributed by atoms with Crippen LogP contribution < -0.4 is 0 Å². The molecule has 0 aliphatic rings. The van der Waals surface area contributed by atoms with E-state index in [1.54, 1.807) is 0 Å². The molecule has 0 saturated heterocycles. The topological polar surface area (TPSA) is 0 Å². The van der Waals surface area contributed by atoms with Gasteiger partial charge in [0, 0.05) is 26.9 Å². The first-order chi connectivity index (χ1) is 14.1. The zero-order valence-corrected chi connectivity index (χ0v) is 21.2. The third kappa shape index (κ3) is 2.51. The van der Waals surface area contributed by atoms with Crippen molar-refractivity contribution >= 4 is 136 Å². The molecule has 0 radical (unpaired) electrons. The summed E-state index contributed by atoms with van der Waals surface area (Å²) in [6.07, 6.45) is 0. The van der Waals surface area contributed by atoms with Crippen molar-refractivity contribution in [2.75, 3.05) is 0 Å². The van der Waals surface area contributed by atoms with Gasteiger partial charge in [-0.15, -0.1) is 0 Å². The van der Waals surface area contributed by atoms with Crippen LogP contribution in [0.25, 0.3) is 43.1 Å². The van der Waals surface area contributed by atoms with E-state index in [1.807, 2.05) is 26.0 Å². The summed E-state index contributed by atoms with van der Waals surface area (Å²) in [7, 11) is 0. The molecule has 0 heterocycles. The highest BCUT2D eigenvalue weighted by atomic mass is 35.5. The number of halogens is 8. The minimum absolute atomic E-state index is 0.157. The normalized spacial score (nSPS) is 12.3. The standard InChI is InChI=1S/C22H8Cl8/c1-5-3-4-7-9-8(5)6(2)15(23)17(25)12(9)13-11-10(7)16(24)21(29)19(27)14(11)20(28)22(30)18(13)26/h3-4H,1-2H3.